The summed E-state index contributed by atoms with van der Waals surface area (Å²) in [5.41, 5.74) is 3.59. The van der Waals surface area contributed by atoms with Gasteiger partial charge in [-0.3, -0.25) is 0 Å². The number of hydrogen-bond acceptors (Lipinski definition) is 4. The minimum absolute atomic E-state index is 0.207. The molecule has 0 aliphatic carbocycles. The number of rotatable bonds is 6. The van der Waals surface area contributed by atoms with Crippen LogP contribution < -0.4 is 10.6 Å². The van der Waals surface area contributed by atoms with Gasteiger partial charge in [-0.15, -0.1) is 0 Å². The van der Waals surface area contributed by atoms with E-state index >= 15 is 0 Å². The molecule has 1 unspecified atom stereocenters. The molecule has 2 N–H and O–H groups in total. The van der Waals surface area contributed by atoms with Crippen molar-refractivity contribution in [3.63, 3.8) is 0 Å². The van der Waals surface area contributed by atoms with E-state index in [4.69, 9.17) is 0 Å². The van der Waals surface area contributed by atoms with Crippen molar-refractivity contribution in [2.45, 2.75) is 40.2 Å². The Balaban J connectivity index is 2.13. The lowest BCUT2D eigenvalue weighted by atomic mass is 10.1. The molecule has 2 rings (SSSR count). The maximum atomic E-state index is 4.37. The van der Waals surface area contributed by atoms with Gasteiger partial charge in [0.05, 0.1) is 0 Å². The minimum Gasteiger partial charge on any atom is -0.370 e. The molecule has 0 aliphatic heterocycles. The predicted molar refractivity (Wildman–Crippen MR) is 88.8 cm³/mol. The number of aryl methyl sites for hydroxylation is 1. The summed E-state index contributed by atoms with van der Waals surface area (Å²) < 4.78 is 0. The zero-order valence-corrected chi connectivity index (χ0v) is 13.3. The SMILES string of the molecule is CCCNc1ncnc(NC(C)c2ccc(C)cc2)c1C. The Labute approximate surface area is 127 Å². The van der Waals surface area contributed by atoms with Gasteiger partial charge in [-0.1, -0.05) is 36.8 Å². The quantitative estimate of drug-likeness (QED) is 0.839. The zero-order chi connectivity index (χ0) is 15.2. The lowest BCUT2D eigenvalue weighted by Crippen LogP contribution is -2.12. The highest BCUT2D eigenvalue weighted by molar-refractivity contribution is 5.57. The van der Waals surface area contributed by atoms with Gasteiger partial charge >= 0.3 is 0 Å². The van der Waals surface area contributed by atoms with Crippen molar-refractivity contribution >= 4 is 11.6 Å². The van der Waals surface area contributed by atoms with Crippen molar-refractivity contribution in [2.75, 3.05) is 17.2 Å². The van der Waals surface area contributed by atoms with Gasteiger partial charge in [-0.05, 0) is 32.8 Å². The molecule has 4 heteroatoms. The topological polar surface area (TPSA) is 49.8 Å². The third-order valence-corrected chi connectivity index (χ3v) is 3.56. The third-order valence-electron chi connectivity index (χ3n) is 3.56. The van der Waals surface area contributed by atoms with Gasteiger partial charge in [0.15, 0.2) is 0 Å². The van der Waals surface area contributed by atoms with Crippen LogP contribution >= 0.6 is 0 Å². The molecule has 0 saturated heterocycles. The summed E-state index contributed by atoms with van der Waals surface area (Å²) in [4.78, 5) is 8.67. The summed E-state index contributed by atoms with van der Waals surface area (Å²) in [6.07, 6.45) is 2.68. The second-order valence-electron chi connectivity index (χ2n) is 5.40. The Morgan fingerprint density at radius 1 is 1.05 bits per heavy atom. The van der Waals surface area contributed by atoms with E-state index in [1.54, 1.807) is 6.33 Å². The van der Waals surface area contributed by atoms with Gasteiger partial charge in [0, 0.05) is 18.2 Å². The molecular formula is C17H24N4. The van der Waals surface area contributed by atoms with E-state index in [1.165, 1.54) is 11.1 Å². The Morgan fingerprint density at radius 3 is 2.38 bits per heavy atom. The molecule has 0 spiro atoms. The van der Waals surface area contributed by atoms with Crippen LogP contribution in [0.3, 0.4) is 0 Å². The first-order valence-electron chi connectivity index (χ1n) is 7.50. The van der Waals surface area contributed by atoms with Gasteiger partial charge in [-0.25, -0.2) is 9.97 Å². The van der Waals surface area contributed by atoms with Gasteiger partial charge in [0.1, 0.15) is 18.0 Å². The van der Waals surface area contributed by atoms with E-state index in [9.17, 15) is 0 Å². The molecule has 1 atom stereocenters. The minimum atomic E-state index is 0.207. The maximum Gasteiger partial charge on any atom is 0.134 e. The average molecular weight is 284 g/mol. The maximum absolute atomic E-state index is 4.37. The first-order chi connectivity index (χ1) is 10.1. The summed E-state index contributed by atoms with van der Waals surface area (Å²) in [5.74, 6) is 1.79. The molecule has 21 heavy (non-hydrogen) atoms. The number of benzene rings is 1. The molecule has 0 fully saturated rings. The number of hydrogen-bond donors (Lipinski definition) is 2. The smallest absolute Gasteiger partial charge is 0.134 e. The van der Waals surface area contributed by atoms with Crippen molar-refractivity contribution in [2.24, 2.45) is 0 Å². The largest absolute Gasteiger partial charge is 0.370 e. The highest BCUT2D eigenvalue weighted by Gasteiger charge is 2.10. The van der Waals surface area contributed by atoms with Crippen LogP contribution in [-0.2, 0) is 0 Å². The number of nitrogens with one attached hydrogen (secondary N) is 2. The fraction of sp³-hybridized carbons (Fsp3) is 0.412. The van der Waals surface area contributed by atoms with Crippen molar-refractivity contribution in [3.05, 3.63) is 47.3 Å². The van der Waals surface area contributed by atoms with E-state index in [2.05, 4.69) is 65.6 Å². The molecular weight excluding hydrogens is 260 g/mol. The summed E-state index contributed by atoms with van der Waals surface area (Å²) in [5, 5.41) is 6.80. The first-order valence-corrected chi connectivity index (χ1v) is 7.50. The van der Waals surface area contributed by atoms with E-state index in [1.807, 2.05) is 6.92 Å². The number of anilines is 2. The number of aromatic nitrogens is 2. The van der Waals surface area contributed by atoms with E-state index in [0.717, 1.165) is 30.2 Å². The summed E-state index contributed by atoms with van der Waals surface area (Å²) in [6.45, 7) is 9.35. The molecule has 2 aromatic rings. The highest BCUT2D eigenvalue weighted by Crippen LogP contribution is 2.23. The van der Waals surface area contributed by atoms with Crippen LogP contribution in [0, 0.1) is 13.8 Å². The van der Waals surface area contributed by atoms with Crippen molar-refractivity contribution in [3.8, 4) is 0 Å². The standard InChI is InChI=1S/C17H24N4/c1-5-10-18-16-13(3)17(20-11-19-16)21-14(4)15-8-6-12(2)7-9-15/h6-9,11,14H,5,10H2,1-4H3,(H2,18,19,20,21). The highest BCUT2D eigenvalue weighted by atomic mass is 15.1. The van der Waals surface area contributed by atoms with Gasteiger partial charge in [0.25, 0.3) is 0 Å². The third kappa shape index (κ3) is 3.94. The lowest BCUT2D eigenvalue weighted by molar-refractivity contribution is 0.866. The van der Waals surface area contributed by atoms with Gasteiger partial charge in [0.2, 0.25) is 0 Å². The van der Waals surface area contributed by atoms with Crippen LogP contribution in [0.15, 0.2) is 30.6 Å². The van der Waals surface area contributed by atoms with E-state index < -0.39 is 0 Å². The molecule has 1 heterocycles. The van der Waals surface area contributed by atoms with Crippen molar-refractivity contribution in [1.82, 2.24) is 9.97 Å². The molecule has 112 valence electrons. The molecule has 0 radical (unpaired) electrons. The van der Waals surface area contributed by atoms with Crippen LogP contribution in [0.4, 0.5) is 11.6 Å². The van der Waals surface area contributed by atoms with Crippen LogP contribution in [0.5, 0.6) is 0 Å². The zero-order valence-electron chi connectivity index (χ0n) is 13.3. The van der Waals surface area contributed by atoms with Crippen LogP contribution in [0.1, 0.15) is 43.0 Å². The van der Waals surface area contributed by atoms with Gasteiger partial charge < -0.3 is 10.6 Å². The Kier molecular flexibility index (Phi) is 5.14. The summed E-state index contributed by atoms with van der Waals surface area (Å²) in [7, 11) is 0. The monoisotopic (exact) mass is 284 g/mol. The second-order valence-corrected chi connectivity index (χ2v) is 5.40. The normalized spacial score (nSPS) is 12.0. The molecule has 0 amide bonds. The lowest BCUT2D eigenvalue weighted by Gasteiger charge is -2.18. The second kappa shape index (κ2) is 7.07. The molecule has 0 bridgehead atoms. The molecule has 4 nitrogen and oxygen atoms in total. The fourth-order valence-electron chi connectivity index (χ4n) is 2.16. The fourth-order valence-corrected chi connectivity index (χ4v) is 2.16. The van der Waals surface area contributed by atoms with Crippen LogP contribution in [0.2, 0.25) is 0 Å². The van der Waals surface area contributed by atoms with Crippen LogP contribution in [0.25, 0.3) is 0 Å². The van der Waals surface area contributed by atoms with Crippen molar-refractivity contribution < 1.29 is 0 Å². The molecule has 0 aliphatic rings. The first kappa shape index (κ1) is 15.3. The number of nitrogens with zero attached hydrogens (tertiary/aromatic N) is 2. The molecule has 1 aromatic carbocycles. The molecule has 1 aromatic heterocycles. The summed E-state index contributed by atoms with van der Waals surface area (Å²) in [6, 6.07) is 8.78. The van der Waals surface area contributed by atoms with E-state index in [0.29, 0.717) is 0 Å². The Morgan fingerprint density at radius 2 is 1.71 bits per heavy atom. The van der Waals surface area contributed by atoms with Crippen LogP contribution in [-0.4, -0.2) is 16.5 Å². The summed E-state index contributed by atoms with van der Waals surface area (Å²) >= 11 is 0. The Hall–Kier alpha value is -2.10. The molecule has 0 saturated carbocycles. The predicted octanol–water partition coefficient (Wildman–Crippen LogP) is 4.09. The van der Waals surface area contributed by atoms with Crippen molar-refractivity contribution in [1.29, 1.82) is 0 Å². The van der Waals surface area contributed by atoms with Gasteiger partial charge in [-0.2, -0.15) is 0 Å². The Bertz CT molecular complexity index is 578. The van der Waals surface area contributed by atoms with E-state index in [-0.39, 0.29) is 6.04 Å². The average Bonchev–Trinajstić information content (AvgIpc) is 2.49.